The average molecular weight is 388 g/mol. The molecule has 0 aliphatic rings. The van der Waals surface area contributed by atoms with Crippen LogP contribution in [0, 0.1) is 12.7 Å². The van der Waals surface area contributed by atoms with Gasteiger partial charge in [-0.05, 0) is 42.3 Å². The molecule has 7 heteroatoms. The molecule has 144 valence electrons. The Kier molecular flexibility index (Phi) is 5.11. The third-order valence-electron chi connectivity index (χ3n) is 4.42. The van der Waals surface area contributed by atoms with Gasteiger partial charge in [-0.3, -0.25) is 10.1 Å². The third kappa shape index (κ3) is 4.03. The van der Waals surface area contributed by atoms with Crippen LogP contribution in [0.15, 0.2) is 71.6 Å². The summed E-state index contributed by atoms with van der Waals surface area (Å²) in [5.74, 6) is -0.372. The van der Waals surface area contributed by atoms with E-state index < -0.39 is 0 Å². The molecule has 6 nitrogen and oxygen atoms in total. The number of aryl methyl sites for hydroxylation is 1. The molecule has 0 aliphatic heterocycles. The first-order valence-corrected chi connectivity index (χ1v) is 8.98. The summed E-state index contributed by atoms with van der Waals surface area (Å²) in [6.07, 6.45) is 3.18. The van der Waals surface area contributed by atoms with Crippen molar-refractivity contribution in [2.75, 3.05) is 5.32 Å². The molecular formula is C22H17FN4O2. The van der Waals surface area contributed by atoms with Crippen molar-refractivity contribution in [3.63, 3.8) is 0 Å². The molecule has 0 aliphatic carbocycles. The van der Waals surface area contributed by atoms with Crippen LogP contribution in [-0.4, -0.2) is 21.0 Å². The van der Waals surface area contributed by atoms with Gasteiger partial charge in [0.15, 0.2) is 0 Å². The molecule has 0 radical (unpaired) electrons. The van der Waals surface area contributed by atoms with Gasteiger partial charge < -0.3 is 4.52 Å². The number of amides is 1. The Balaban J connectivity index is 1.71. The maximum Gasteiger partial charge on any atom is 0.241 e. The van der Waals surface area contributed by atoms with Gasteiger partial charge >= 0.3 is 0 Å². The molecule has 0 saturated heterocycles. The highest BCUT2D eigenvalue weighted by atomic mass is 19.1. The van der Waals surface area contributed by atoms with Crippen LogP contribution >= 0.6 is 0 Å². The SMILES string of the molecule is Cc1cc(-c2noc(NC(=O)Cc3ccccc3)c2-c2ccncn2)ccc1F. The monoisotopic (exact) mass is 388 g/mol. The van der Waals surface area contributed by atoms with Crippen LogP contribution in [0.5, 0.6) is 0 Å². The van der Waals surface area contributed by atoms with E-state index in [0.717, 1.165) is 5.56 Å². The minimum absolute atomic E-state index is 0.182. The van der Waals surface area contributed by atoms with E-state index in [4.69, 9.17) is 4.52 Å². The predicted molar refractivity (Wildman–Crippen MR) is 106 cm³/mol. The Morgan fingerprint density at radius 1 is 1.14 bits per heavy atom. The first-order chi connectivity index (χ1) is 14.1. The number of carbonyl (C=O) groups is 1. The van der Waals surface area contributed by atoms with Crippen molar-refractivity contribution in [1.29, 1.82) is 0 Å². The van der Waals surface area contributed by atoms with Crippen LogP contribution in [0.2, 0.25) is 0 Å². The Hall–Kier alpha value is -3.87. The van der Waals surface area contributed by atoms with Gasteiger partial charge in [-0.25, -0.2) is 14.4 Å². The fourth-order valence-corrected chi connectivity index (χ4v) is 2.99. The second-order valence-electron chi connectivity index (χ2n) is 6.50. The number of carbonyl (C=O) groups excluding carboxylic acids is 1. The third-order valence-corrected chi connectivity index (χ3v) is 4.42. The quantitative estimate of drug-likeness (QED) is 0.547. The molecule has 2 aromatic heterocycles. The second-order valence-corrected chi connectivity index (χ2v) is 6.50. The molecule has 4 aromatic rings. The van der Waals surface area contributed by atoms with E-state index in [0.29, 0.717) is 28.1 Å². The lowest BCUT2D eigenvalue weighted by Crippen LogP contribution is -2.14. The standard InChI is InChI=1S/C22H17FN4O2/c1-14-11-16(7-8-17(14)23)21-20(18-9-10-24-13-25-18)22(29-27-21)26-19(28)12-15-5-3-2-4-6-15/h2-11,13H,12H2,1H3,(H,26,28). The van der Waals surface area contributed by atoms with Gasteiger partial charge in [-0.2, -0.15) is 0 Å². The summed E-state index contributed by atoms with van der Waals surface area (Å²) >= 11 is 0. The van der Waals surface area contributed by atoms with E-state index in [9.17, 15) is 9.18 Å². The van der Waals surface area contributed by atoms with Gasteiger partial charge in [0.1, 0.15) is 17.8 Å². The van der Waals surface area contributed by atoms with E-state index in [-0.39, 0.29) is 24.0 Å². The smallest absolute Gasteiger partial charge is 0.241 e. The first kappa shape index (κ1) is 18.5. The largest absolute Gasteiger partial charge is 0.337 e. The van der Waals surface area contributed by atoms with E-state index in [1.807, 2.05) is 30.3 Å². The number of rotatable bonds is 5. The maximum atomic E-state index is 13.7. The molecule has 0 bridgehead atoms. The van der Waals surface area contributed by atoms with Crippen molar-refractivity contribution in [3.05, 3.63) is 84.1 Å². The normalized spacial score (nSPS) is 10.7. The lowest BCUT2D eigenvalue weighted by Gasteiger charge is -2.06. The first-order valence-electron chi connectivity index (χ1n) is 8.98. The number of nitrogens with zero attached hydrogens (tertiary/aromatic N) is 3. The number of aromatic nitrogens is 3. The van der Waals surface area contributed by atoms with E-state index in [1.165, 1.54) is 12.4 Å². The molecule has 2 heterocycles. The number of nitrogens with one attached hydrogen (secondary N) is 1. The highest BCUT2D eigenvalue weighted by molar-refractivity contribution is 5.97. The van der Waals surface area contributed by atoms with Crippen LogP contribution < -0.4 is 5.32 Å². The number of hydrogen-bond donors (Lipinski definition) is 1. The summed E-state index contributed by atoms with van der Waals surface area (Å²) in [5, 5.41) is 6.89. The van der Waals surface area contributed by atoms with Crippen LogP contribution in [0.1, 0.15) is 11.1 Å². The molecule has 0 unspecified atom stereocenters. The minimum atomic E-state index is -0.308. The van der Waals surface area contributed by atoms with Crippen molar-refractivity contribution in [2.45, 2.75) is 13.3 Å². The minimum Gasteiger partial charge on any atom is -0.337 e. The van der Waals surface area contributed by atoms with Gasteiger partial charge in [-0.15, -0.1) is 0 Å². The number of anilines is 1. The van der Waals surface area contributed by atoms with Crippen molar-refractivity contribution in [3.8, 4) is 22.5 Å². The zero-order chi connectivity index (χ0) is 20.2. The number of halogens is 1. The van der Waals surface area contributed by atoms with Crippen LogP contribution in [-0.2, 0) is 11.2 Å². The van der Waals surface area contributed by atoms with Crippen LogP contribution in [0.4, 0.5) is 10.3 Å². The molecule has 29 heavy (non-hydrogen) atoms. The predicted octanol–water partition coefficient (Wildman–Crippen LogP) is 4.43. The fourth-order valence-electron chi connectivity index (χ4n) is 2.99. The van der Waals surface area contributed by atoms with Crippen molar-refractivity contribution >= 4 is 11.8 Å². The Labute approximate surface area is 166 Å². The highest BCUT2D eigenvalue weighted by Crippen LogP contribution is 2.37. The lowest BCUT2D eigenvalue weighted by molar-refractivity contribution is -0.115. The molecule has 0 spiro atoms. The Morgan fingerprint density at radius 2 is 1.97 bits per heavy atom. The average Bonchev–Trinajstić information content (AvgIpc) is 3.14. The van der Waals surface area contributed by atoms with Crippen LogP contribution in [0.25, 0.3) is 22.5 Å². The molecule has 2 aromatic carbocycles. The van der Waals surface area contributed by atoms with Crippen LogP contribution in [0.3, 0.4) is 0 Å². The molecule has 4 rings (SSSR count). The lowest BCUT2D eigenvalue weighted by atomic mass is 10.0. The highest BCUT2D eigenvalue weighted by Gasteiger charge is 2.22. The molecule has 1 N–H and O–H groups in total. The van der Waals surface area contributed by atoms with Gasteiger partial charge in [0.25, 0.3) is 0 Å². The Bertz CT molecular complexity index is 1140. The number of hydrogen-bond acceptors (Lipinski definition) is 5. The van der Waals surface area contributed by atoms with Gasteiger partial charge in [0, 0.05) is 11.8 Å². The fraction of sp³-hybridized carbons (Fsp3) is 0.0909. The van der Waals surface area contributed by atoms with E-state index in [1.54, 1.807) is 31.3 Å². The summed E-state index contributed by atoms with van der Waals surface area (Å²) in [5.41, 5.74) is 3.52. The molecule has 0 fully saturated rings. The van der Waals surface area contributed by atoms with E-state index >= 15 is 0 Å². The molecular weight excluding hydrogens is 371 g/mol. The Morgan fingerprint density at radius 3 is 2.69 bits per heavy atom. The van der Waals surface area contributed by atoms with Gasteiger partial charge in [0.2, 0.25) is 11.8 Å². The summed E-state index contributed by atoms with van der Waals surface area (Å²) in [7, 11) is 0. The molecule has 1 amide bonds. The zero-order valence-corrected chi connectivity index (χ0v) is 15.6. The molecule has 0 saturated carbocycles. The van der Waals surface area contributed by atoms with E-state index in [2.05, 4.69) is 20.4 Å². The van der Waals surface area contributed by atoms with Crippen molar-refractivity contribution in [1.82, 2.24) is 15.1 Å². The second kappa shape index (κ2) is 8.02. The maximum absolute atomic E-state index is 13.7. The van der Waals surface area contributed by atoms with Crippen molar-refractivity contribution in [2.24, 2.45) is 0 Å². The van der Waals surface area contributed by atoms with Gasteiger partial charge in [-0.1, -0.05) is 35.5 Å². The summed E-state index contributed by atoms with van der Waals surface area (Å²) < 4.78 is 19.1. The van der Waals surface area contributed by atoms with Gasteiger partial charge in [0.05, 0.1) is 17.7 Å². The van der Waals surface area contributed by atoms with Crippen molar-refractivity contribution < 1.29 is 13.7 Å². The number of benzene rings is 2. The molecule has 0 atom stereocenters. The summed E-state index contributed by atoms with van der Waals surface area (Å²) in [4.78, 5) is 20.7. The topological polar surface area (TPSA) is 80.9 Å². The summed E-state index contributed by atoms with van der Waals surface area (Å²) in [6.45, 7) is 1.67. The summed E-state index contributed by atoms with van der Waals surface area (Å²) in [6, 6.07) is 15.7. The zero-order valence-electron chi connectivity index (χ0n) is 15.6.